The van der Waals surface area contributed by atoms with E-state index in [1.807, 2.05) is 0 Å². The van der Waals surface area contributed by atoms with Crippen LogP contribution in [-0.4, -0.2) is 48.2 Å². The fraction of sp³-hybridized carbons (Fsp3) is 0.0645. The molecule has 2 amide bonds. The summed E-state index contributed by atoms with van der Waals surface area (Å²) in [4.78, 5) is 75.2. The highest BCUT2D eigenvalue weighted by molar-refractivity contribution is 6.40. The van der Waals surface area contributed by atoms with Gasteiger partial charge in [-0.25, -0.2) is 14.5 Å². The summed E-state index contributed by atoms with van der Waals surface area (Å²) in [5.74, 6) is -3.87. The number of hydrogen-bond donors (Lipinski definition) is 0. The van der Waals surface area contributed by atoms with E-state index in [-0.39, 0.29) is 44.5 Å². The number of nitro groups is 1. The molecule has 4 aromatic rings. The number of benzene rings is 4. The Hall–Kier alpha value is -5.88. The third kappa shape index (κ3) is 5.61. The zero-order valence-electron chi connectivity index (χ0n) is 22.6. The van der Waals surface area contributed by atoms with E-state index < -0.39 is 46.8 Å². The molecular formula is C31H19ClN2O10. The Morgan fingerprint density at radius 2 is 1.57 bits per heavy atom. The highest BCUT2D eigenvalue weighted by Gasteiger charge is 2.43. The van der Waals surface area contributed by atoms with E-state index >= 15 is 0 Å². The van der Waals surface area contributed by atoms with E-state index in [1.165, 1.54) is 43.5 Å². The number of nitro benzene ring substituents is 1. The first-order valence-electron chi connectivity index (χ1n) is 12.7. The van der Waals surface area contributed by atoms with E-state index in [9.17, 15) is 34.1 Å². The molecule has 44 heavy (non-hydrogen) atoms. The second-order valence-electron chi connectivity index (χ2n) is 9.19. The minimum absolute atomic E-state index is 0.141. The average molecular weight is 615 g/mol. The Morgan fingerprint density at radius 3 is 2.23 bits per heavy atom. The first-order valence-corrected chi connectivity index (χ1v) is 13.1. The molecular weight excluding hydrogens is 596 g/mol. The molecule has 0 aliphatic carbocycles. The second-order valence-corrected chi connectivity index (χ2v) is 9.59. The van der Waals surface area contributed by atoms with Gasteiger partial charge in [0.05, 0.1) is 33.9 Å². The minimum Gasteiger partial charge on any atom is -0.496 e. The van der Waals surface area contributed by atoms with Crippen LogP contribution in [0.2, 0.25) is 5.02 Å². The number of halogens is 1. The average Bonchev–Trinajstić information content (AvgIpc) is 3.29. The number of ketones is 1. The van der Waals surface area contributed by atoms with Crippen LogP contribution in [-0.2, 0) is 4.74 Å². The third-order valence-electron chi connectivity index (χ3n) is 6.55. The van der Waals surface area contributed by atoms with Gasteiger partial charge in [0.15, 0.2) is 12.4 Å². The number of ether oxygens (including phenoxy) is 3. The third-order valence-corrected chi connectivity index (χ3v) is 6.85. The number of rotatable bonds is 9. The Balaban J connectivity index is 1.28. The number of hydrogen-bond acceptors (Lipinski definition) is 10. The maximum Gasteiger partial charge on any atom is 0.343 e. The topological polar surface area (TPSA) is 159 Å². The van der Waals surface area contributed by atoms with Crippen molar-refractivity contribution in [1.82, 2.24) is 0 Å². The van der Waals surface area contributed by atoms with Crippen LogP contribution in [0, 0.1) is 10.1 Å². The summed E-state index contributed by atoms with van der Waals surface area (Å²) < 4.78 is 15.7. The molecule has 1 heterocycles. The lowest BCUT2D eigenvalue weighted by molar-refractivity contribution is -0.385. The molecule has 12 nitrogen and oxygen atoms in total. The maximum atomic E-state index is 13.1. The molecule has 4 aromatic carbocycles. The summed E-state index contributed by atoms with van der Waals surface area (Å²) in [6.45, 7) is -0.660. The molecule has 0 aromatic heterocycles. The zero-order chi connectivity index (χ0) is 31.5. The van der Waals surface area contributed by atoms with Crippen molar-refractivity contribution < 1.29 is 43.1 Å². The lowest BCUT2D eigenvalue weighted by atomic mass is 10.1. The van der Waals surface area contributed by atoms with Crippen LogP contribution in [0.15, 0.2) is 84.9 Å². The highest BCUT2D eigenvalue weighted by atomic mass is 35.5. The van der Waals surface area contributed by atoms with Gasteiger partial charge in [0, 0.05) is 17.7 Å². The molecule has 0 saturated heterocycles. The van der Waals surface area contributed by atoms with E-state index in [0.717, 1.165) is 18.2 Å². The Bertz CT molecular complexity index is 1860. The van der Waals surface area contributed by atoms with Crippen LogP contribution < -0.4 is 14.4 Å². The van der Waals surface area contributed by atoms with Crippen molar-refractivity contribution in [3.63, 3.8) is 0 Å². The number of amides is 2. The fourth-order valence-electron chi connectivity index (χ4n) is 4.42. The molecule has 1 aliphatic rings. The van der Waals surface area contributed by atoms with Crippen molar-refractivity contribution in [3.8, 4) is 11.5 Å². The summed E-state index contributed by atoms with van der Waals surface area (Å²) in [7, 11) is 1.22. The van der Waals surface area contributed by atoms with Crippen LogP contribution in [0.25, 0.3) is 0 Å². The van der Waals surface area contributed by atoms with Gasteiger partial charge in [-0.1, -0.05) is 35.9 Å². The minimum atomic E-state index is -0.991. The summed E-state index contributed by atoms with van der Waals surface area (Å²) in [6, 6.07) is 19.9. The molecule has 0 bridgehead atoms. The highest BCUT2D eigenvalue weighted by Crippen LogP contribution is 2.40. The number of methoxy groups -OCH3 is 1. The molecule has 0 atom stereocenters. The van der Waals surface area contributed by atoms with Gasteiger partial charge in [0.25, 0.3) is 17.5 Å². The number of anilines is 1. The second kappa shape index (κ2) is 12.2. The molecule has 220 valence electrons. The molecule has 0 radical (unpaired) electrons. The van der Waals surface area contributed by atoms with Gasteiger partial charge >= 0.3 is 11.9 Å². The van der Waals surface area contributed by atoms with Crippen molar-refractivity contribution in [3.05, 3.63) is 128 Å². The lowest BCUT2D eigenvalue weighted by Crippen LogP contribution is -2.30. The normalized spacial score (nSPS) is 12.0. The zero-order valence-corrected chi connectivity index (χ0v) is 23.4. The number of nitrogens with zero attached hydrogens (tertiary/aromatic N) is 2. The number of carbonyl (C=O) groups is 5. The Morgan fingerprint density at radius 1 is 0.864 bits per heavy atom. The number of esters is 2. The monoisotopic (exact) mass is 614 g/mol. The number of fused-ring (bicyclic) bond motifs is 1. The molecule has 0 unspecified atom stereocenters. The molecule has 1 aliphatic heterocycles. The van der Waals surface area contributed by atoms with Crippen LogP contribution in [0.5, 0.6) is 11.5 Å². The first-order chi connectivity index (χ1) is 21.1. The predicted molar refractivity (Wildman–Crippen MR) is 155 cm³/mol. The van der Waals surface area contributed by atoms with Crippen LogP contribution in [0.1, 0.15) is 51.8 Å². The standard InChI is InChI=1S/C31H19ClN2O10/c1-42-26-15-24(33-28(36)20-8-5-9-23(34(40)41)27(20)29(33)37)22(32)14-21(26)31(39)43-16-25(35)17-10-12-19(13-11-17)44-30(38)18-6-3-2-4-7-18/h2-15H,16H2,1H3. The summed E-state index contributed by atoms with van der Waals surface area (Å²) in [5.41, 5.74) is -0.956. The van der Waals surface area contributed by atoms with Gasteiger partial charge in [0.2, 0.25) is 0 Å². The van der Waals surface area contributed by atoms with E-state index in [0.29, 0.717) is 10.5 Å². The van der Waals surface area contributed by atoms with E-state index in [1.54, 1.807) is 30.3 Å². The predicted octanol–water partition coefficient (Wildman–Crippen LogP) is 5.32. The van der Waals surface area contributed by atoms with Crippen LogP contribution in [0.3, 0.4) is 0 Å². The Kier molecular flexibility index (Phi) is 8.18. The number of Topliss-reactive ketones (excluding diaryl/α,β-unsaturated/α-hetero) is 1. The van der Waals surface area contributed by atoms with Crippen molar-refractivity contribution >= 4 is 52.5 Å². The van der Waals surface area contributed by atoms with Gasteiger partial charge in [-0.2, -0.15) is 0 Å². The summed E-state index contributed by atoms with van der Waals surface area (Å²) >= 11 is 6.36. The van der Waals surface area contributed by atoms with Gasteiger partial charge in [0.1, 0.15) is 22.6 Å². The molecule has 13 heteroatoms. The van der Waals surface area contributed by atoms with Crippen molar-refractivity contribution in [2.24, 2.45) is 0 Å². The molecule has 5 rings (SSSR count). The van der Waals surface area contributed by atoms with Crippen molar-refractivity contribution in [2.45, 2.75) is 0 Å². The number of carbonyl (C=O) groups excluding carboxylic acids is 5. The van der Waals surface area contributed by atoms with Crippen LogP contribution in [0.4, 0.5) is 11.4 Å². The Labute approximate surface area is 253 Å². The summed E-state index contributed by atoms with van der Waals surface area (Å²) in [5, 5.41) is 11.2. The largest absolute Gasteiger partial charge is 0.496 e. The molecule has 0 fully saturated rings. The van der Waals surface area contributed by atoms with Gasteiger partial charge in [-0.15, -0.1) is 0 Å². The summed E-state index contributed by atoms with van der Waals surface area (Å²) in [6.07, 6.45) is 0. The lowest BCUT2D eigenvalue weighted by Gasteiger charge is -2.18. The van der Waals surface area contributed by atoms with Crippen LogP contribution >= 0.6 is 11.6 Å². The fourth-order valence-corrected chi connectivity index (χ4v) is 4.67. The molecule has 0 saturated carbocycles. The van der Waals surface area contributed by atoms with Crippen molar-refractivity contribution in [1.29, 1.82) is 0 Å². The van der Waals surface area contributed by atoms with E-state index in [4.69, 9.17) is 25.8 Å². The van der Waals surface area contributed by atoms with Gasteiger partial charge in [-0.05, 0) is 48.5 Å². The molecule has 0 N–H and O–H groups in total. The van der Waals surface area contributed by atoms with Gasteiger partial charge in [-0.3, -0.25) is 24.5 Å². The number of imide groups is 1. The SMILES string of the molecule is COc1cc(N2C(=O)c3cccc([N+](=O)[O-])c3C2=O)c(Cl)cc1C(=O)OCC(=O)c1ccc(OC(=O)c2ccccc2)cc1. The van der Waals surface area contributed by atoms with Crippen molar-refractivity contribution in [2.75, 3.05) is 18.6 Å². The quantitative estimate of drug-likeness (QED) is 0.0603. The molecule has 0 spiro atoms. The smallest absolute Gasteiger partial charge is 0.343 e. The maximum absolute atomic E-state index is 13.1. The van der Waals surface area contributed by atoms with E-state index in [2.05, 4.69) is 0 Å². The van der Waals surface area contributed by atoms with Gasteiger partial charge < -0.3 is 14.2 Å². The first kappa shape index (κ1) is 29.6.